The molecule has 0 heterocycles. The van der Waals surface area contributed by atoms with Gasteiger partial charge in [-0.3, -0.25) is 25.3 Å². The SMILES string of the molecule is O.O.O.O=S(=O)([O-])[O-].O=S(=O)([O-])[O-].O=S(=O)([O-])[O-].[Ca+2].[Ca+2].[Ca+2]. The smallest absolute Gasteiger partial charge is 0.759 e. The van der Waals surface area contributed by atoms with Gasteiger partial charge in [0.2, 0.25) is 0 Å². The van der Waals surface area contributed by atoms with Crippen molar-refractivity contribution < 1.29 is 69.0 Å². The van der Waals surface area contributed by atoms with E-state index < -0.39 is 31.2 Å². The molecule has 0 bridgehead atoms. The summed E-state index contributed by atoms with van der Waals surface area (Å²) in [4.78, 5) is 0. The Kier molecular flexibility index (Phi) is 68.5. The molecular weight excluding hydrogens is 456 g/mol. The molecule has 15 nitrogen and oxygen atoms in total. The summed E-state index contributed by atoms with van der Waals surface area (Å²) < 4.78 is 102. The van der Waals surface area contributed by atoms with Crippen molar-refractivity contribution in [2.45, 2.75) is 0 Å². The zero-order chi connectivity index (χ0) is 13.5. The minimum atomic E-state index is -5.17. The minimum Gasteiger partial charge on any atom is -0.759 e. The average Bonchev–Trinajstić information content (AvgIpc) is 1.41. The molecule has 0 aromatic carbocycles. The van der Waals surface area contributed by atoms with Gasteiger partial charge in [-0.05, 0) is 0 Å². The summed E-state index contributed by atoms with van der Waals surface area (Å²) in [7, 11) is -15.5. The van der Waals surface area contributed by atoms with Gasteiger partial charge in [0.05, 0.1) is 0 Å². The van der Waals surface area contributed by atoms with Gasteiger partial charge >= 0.3 is 113 Å². The van der Waals surface area contributed by atoms with E-state index >= 15 is 0 Å². The second-order valence-corrected chi connectivity index (χ2v) is 3.67. The quantitative estimate of drug-likeness (QED) is 0.184. The van der Waals surface area contributed by atoms with Crippen molar-refractivity contribution >= 4 is 144 Å². The monoisotopic (exact) mass is 462 g/mol. The third-order valence-corrected chi connectivity index (χ3v) is 0. The van der Waals surface area contributed by atoms with Gasteiger partial charge in [0.25, 0.3) is 0 Å². The van der Waals surface area contributed by atoms with Crippen LogP contribution in [0.4, 0.5) is 0 Å². The molecule has 21 heavy (non-hydrogen) atoms. The van der Waals surface area contributed by atoms with E-state index in [1.165, 1.54) is 0 Å². The number of hydrogen-bond donors (Lipinski definition) is 0. The van der Waals surface area contributed by atoms with E-state index in [4.69, 9.17) is 52.6 Å². The van der Waals surface area contributed by atoms with E-state index in [2.05, 4.69) is 0 Å². The second kappa shape index (κ2) is 25.5. The molecule has 0 fully saturated rings. The largest absolute Gasteiger partial charge is 2.00 e. The first-order valence-electron chi connectivity index (χ1n) is 2.00. The van der Waals surface area contributed by atoms with Crippen LogP contribution in [-0.2, 0) is 31.2 Å². The van der Waals surface area contributed by atoms with Gasteiger partial charge in [-0.1, -0.05) is 0 Å². The fraction of sp³-hybridized carbons (Fsp3) is 0. The zero-order valence-electron chi connectivity index (χ0n) is 9.75. The summed E-state index contributed by atoms with van der Waals surface area (Å²) in [5.74, 6) is 0. The molecule has 0 spiro atoms. The van der Waals surface area contributed by atoms with E-state index in [0.29, 0.717) is 0 Å². The van der Waals surface area contributed by atoms with E-state index in [9.17, 15) is 0 Å². The third-order valence-electron chi connectivity index (χ3n) is 0. The molecule has 0 rings (SSSR count). The summed E-state index contributed by atoms with van der Waals surface area (Å²) in [6.07, 6.45) is 0. The topological polar surface area (TPSA) is 335 Å². The molecule has 0 aromatic rings. The average molecular weight is 462 g/mol. The molecule has 0 aliphatic carbocycles. The van der Waals surface area contributed by atoms with Crippen molar-refractivity contribution in [3.05, 3.63) is 0 Å². The van der Waals surface area contributed by atoms with Crippen molar-refractivity contribution in [2.75, 3.05) is 0 Å². The zero-order valence-corrected chi connectivity index (χ0v) is 18.8. The molecule has 21 heteroatoms. The van der Waals surface area contributed by atoms with Gasteiger partial charge in [0, 0.05) is 31.2 Å². The molecule has 0 aliphatic heterocycles. The first kappa shape index (κ1) is 56.4. The van der Waals surface area contributed by atoms with Gasteiger partial charge in [-0.25, -0.2) is 0 Å². The van der Waals surface area contributed by atoms with Crippen LogP contribution in [0.15, 0.2) is 0 Å². The molecule has 0 radical (unpaired) electrons. The standard InChI is InChI=1S/3Ca.3H2O4S.3H2O/c;;;3*1-5(2,3)4;;;/h;;;3*(H2,1,2,3,4);3*1H2/q3*+2;;;;;;/p-6. The van der Waals surface area contributed by atoms with Crippen LogP contribution < -0.4 is 0 Å². The number of rotatable bonds is 0. The molecule has 0 aromatic heterocycles. The van der Waals surface area contributed by atoms with Crippen LogP contribution in [0.1, 0.15) is 0 Å². The normalized spacial score (nSPS) is 8.29. The van der Waals surface area contributed by atoms with Crippen molar-refractivity contribution in [2.24, 2.45) is 0 Å². The third kappa shape index (κ3) is 985. The van der Waals surface area contributed by atoms with Crippen LogP contribution in [-0.4, -0.2) is 182 Å². The summed E-state index contributed by atoms with van der Waals surface area (Å²) in [6, 6.07) is 0. The van der Waals surface area contributed by atoms with Gasteiger partial charge in [0.15, 0.2) is 0 Å². The van der Waals surface area contributed by atoms with Gasteiger partial charge in [-0.2, -0.15) is 0 Å². The molecule has 6 N–H and O–H groups in total. The van der Waals surface area contributed by atoms with Crippen LogP contribution in [0.3, 0.4) is 0 Å². The Morgan fingerprint density at radius 2 is 0.381 bits per heavy atom. The van der Waals surface area contributed by atoms with E-state index in [1.54, 1.807) is 0 Å². The summed E-state index contributed by atoms with van der Waals surface area (Å²) >= 11 is 0. The Labute approximate surface area is 209 Å². The molecule has 0 aliphatic rings. The Morgan fingerprint density at radius 3 is 0.381 bits per heavy atom. The van der Waals surface area contributed by atoms with Crippen molar-refractivity contribution in [3.63, 3.8) is 0 Å². The van der Waals surface area contributed by atoms with E-state index in [0.717, 1.165) is 0 Å². The molecule has 0 unspecified atom stereocenters. The van der Waals surface area contributed by atoms with Crippen LogP contribution in [0.5, 0.6) is 0 Å². The van der Waals surface area contributed by atoms with Crippen molar-refractivity contribution in [1.29, 1.82) is 0 Å². The van der Waals surface area contributed by atoms with E-state index in [-0.39, 0.29) is 130 Å². The maximum Gasteiger partial charge on any atom is 2.00 e. The Hall–Kier alpha value is 3.27. The van der Waals surface area contributed by atoms with Gasteiger partial charge in [-0.15, -0.1) is 0 Å². The maximum absolute atomic E-state index is 8.52. The Bertz CT molecular complexity index is 345. The van der Waals surface area contributed by atoms with Crippen LogP contribution in [0, 0.1) is 0 Å². The van der Waals surface area contributed by atoms with Crippen LogP contribution in [0.25, 0.3) is 0 Å². The number of hydrogen-bond acceptors (Lipinski definition) is 12. The molecule has 120 valence electrons. The first-order valence-corrected chi connectivity index (χ1v) is 6.00. The maximum atomic E-state index is 8.52. The van der Waals surface area contributed by atoms with Crippen LogP contribution in [0.2, 0.25) is 0 Å². The Morgan fingerprint density at radius 1 is 0.381 bits per heavy atom. The van der Waals surface area contributed by atoms with Crippen LogP contribution >= 0.6 is 0 Å². The Balaban J connectivity index is -0.0000000129. The molecule has 0 atom stereocenters. The van der Waals surface area contributed by atoms with Crippen molar-refractivity contribution in [1.82, 2.24) is 0 Å². The fourth-order valence-corrected chi connectivity index (χ4v) is 0. The minimum absolute atomic E-state index is 0. The summed E-state index contributed by atoms with van der Waals surface area (Å²) in [5.41, 5.74) is 0. The molecule has 0 saturated carbocycles. The first-order chi connectivity index (χ1) is 6.00. The predicted molar refractivity (Wildman–Crippen MR) is 59.5 cm³/mol. The fourth-order valence-electron chi connectivity index (χ4n) is 0. The van der Waals surface area contributed by atoms with E-state index in [1.807, 2.05) is 0 Å². The van der Waals surface area contributed by atoms with Gasteiger partial charge in [0.1, 0.15) is 0 Å². The predicted octanol–water partition coefficient (Wildman–Crippen LogP) is -7.63. The summed E-state index contributed by atoms with van der Waals surface area (Å²) in [5, 5.41) is 0. The molecule has 0 saturated heterocycles. The molecule has 0 amide bonds. The summed E-state index contributed by atoms with van der Waals surface area (Å²) in [6.45, 7) is 0. The van der Waals surface area contributed by atoms with Crippen molar-refractivity contribution in [3.8, 4) is 0 Å². The second-order valence-electron chi connectivity index (χ2n) is 1.22. The molecular formula is H6Ca3O15S3. The van der Waals surface area contributed by atoms with Gasteiger partial charge < -0.3 is 43.7 Å².